The quantitative estimate of drug-likeness (QED) is 0.535. The molecule has 0 aromatic carbocycles. The summed E-state index contributed by atoms with van der Waals surface area (Å²) in [5.41, 5.74) is -0.502. The van der Waals surface area contributed by atoms with Crippen LogP contribution in [-0.4, -0.2) is 22.6 Å². The summed E-state index contributed by atoms with van der Waals surface area (Å²) in [6, 6.07) is 0. The van der Waals surface area contributed by atoms with Gasteiger partial charge in [-0.1, -0.05) is 26.2 Å². The van der Waals surface area contributed by atoms with Crippen LogP contribution in [0.2, 0.25) is 0 Å². The van der Waals surface area contributed by atoms with Gasteiger partial charge >= 0.3 is 11.9 Å². The van der Waals surface area contributed by atoms with Crippen LogP contribution in [0.25, 0.3) is 0 Å². The summed E-state index contributed by atoms with van der Waals surface area (Å²) in [7, 11) is 0. The molecule has 4 nitrogen and oxygen atoms in total. The normalized spacial score (nSPS) is 13.1. The molecule has 106 valence electrons. The molecule has 0 bridgehead atoms. The van der Waals surface area contributed by atoms with Gasteiger partial charge in [0.1, 0.15) is 5.60 Å². The van der Waals surface area contributed by atoms with Crippen molar-refractivity contribution in [2.75, 3.05) is 0 Å². The minimum absolute atomic E-state index is 0.181. The molecule has 0 amide bonds. The summed E-state index contributed by atoms with van der Waals surface area (Å²) < 4.78 is 5.16. The first kappa shape index (κ1) is 16.9. The molecule has 0 aromatic rings. The maximum absolute atomic E-state index is 11.5. The number of hydrogen-bond donors (Lipinski definition) is 1. The summed E-state index contributed by atoms with van der Waals surface area (Å²) in [6.45, 7) is 7.50. The molecule has 1 unspecified atom stereocenters. The van der Waals surface area contributed by atoms with Crippen molar-refractivity contribution < 1.29 is 19.4 Å². The Morgan fingerprint density at radius 1 is 1.17 bits per heavy atom. The summed E-state index contributed by atoms with van der Waals surface area (Å²) in [5, 5.41) is 9.07. The highest BCUT2D eigenvalue weighted by Crippen LogP contribution is 2.18. The summed E-state index contributed by atoms with van der Waals surface area (Å²) in [5.74, 6) is -1.55. The van der Waals surface area contributed by atoms with E-state index in [9.17, 15) is 9.59 Å². The van der Waals surface area contributed by atoms with Crippen LogP contribution in [0.3, 0.4) is 0 Å². The monoisotopic (exact) mass is 258 g/mol. The Kier molecular flexibility index (Phi) is 7.64. The second-order valence-corrected chi connectivity index (χ2v) is 5.66. The lowest BCUT2D eigenvalue weighted by Crippen LogP contribution is -2.24. The van der Waals surface area contributed by atoms with Crippen molar-refractivity contribution in [1.82, 2.24) is 0 Å². The van der Waals surface area contributed by atoms with E-state index < -0.39 is 17.5 Å². The fraction of sp³-hybridized carbons (Fsp3) is 0.857. The molecule has 0 aliphatic rings. The van der Waals surface area contributed by atoms with Crippen molar-refractivity contribution >= 4 is 11.9 Å². The zero-order valence-corrected chi connectivity index (χ0v) is 12.0. The molecule has 0 heterocycles. The fourth-order valence-electron chi connectivity index (χ4n) is 1.72. The number of aliphatic carboxylic acids is 1. The Labute approximate surface area is 110 Å². The average Bonchev–Trinajstić information content (AvgIpc) is 2.20. The van der Waals surface area contributed by atoms with Gasteiger partial charge in [0.15, 0.2) is 0 Å². The molecule has 1 N–H and O–H groups in total. The van der Waals surface area contributed by atoms with E-state index >= 15 is 0 Å². The zero-order chi connectivity index (χ0) is 14.2. The minimum atomic E-state index is -0.810. The molecule has 0 fully saturated rings. The van der Waals surface area contributed by atoms with E-state index in [1.165, 1.54) is 0 Å². The summed E-state index contributed by atoms with van der Waals surface area (Å²) in [4.78, 5) is 22.5. The lowest BCUT2D eigenvalue weighted by Gasteiger charge is -2.20. The van der Waals surface area contributed by atoms with Crippen LogP contribution in [0.1, 0.15) is 66.2 Å². The molecule has 18 heavy (non-hydrogen) atoms. The lowest BCUT2D eigenvalue weighted by molar-refractivity contribution is -0.155. The molecule has 0 spiro atoms. The predicted octanol–water partition coefficient (Wildman–Crippen LogP) is 3.39. The van der Waals surface area contributed by atoms with Gasteiger partial charge in [0.05, 0.1) is 5.92 Å². The number of carbonyl (C=O) groups is 2. The standard InChI is InChI=1S/C14H26O4/c1-5-6-7-8-11(13(16)17)9-10-12(15)18-14(2,3)4/h11H,5-10H2,1-4H3,(H,16,17). The smallest absolute Gasteiger partial charge is 0.306 e. The Balaban J connectivity index is 4.03. The molecule has 0 saturated heterocycles. The second kappa shape index (κ2) is 8.11. The van der Waals surface area contributed by atoms with Gasteiger partial charge in [0.25, 0.3) is 0 Å². The molecule has 0 radical (unpaired) electrons. The predicted molar refractivity (Wildman–Crippen MR) is 70.3 cm³/mol. The van der Waals surface area contributed by atoms with Crippen LogP contribution < -0.4 is 0 Å². The first-order chi connectivity index (χ1) is 8.26. The Morgan fingerprint density at radius 2 is 1.78 bits per heavy atom. The van der Waals surface area contributed by atoms with Crippen molar-refractivity contribution in [3.05, 3.63) is 0 Å². The van der Waals surface area contributed by atoms with E-state index in [2.05, 4.69) is 6.92 Å². The number of hydrogen-bond acceptors (Lipinski definition) is 3. The van der Waals surface area contributed by atoms with Crippen molar-refractivity contribution in [2.45, 2.75) is 71.8 Å². The third kappa shape index (κ3) is 9.02. The van der Waals surface area contributed by atoms with Crippen LogP contribution in [0, 0.1) is 5.92 Å². The maximum Gasteiger partial charge on any atom is 0.306 e. The third-order valence-corrected chi connectivity index (χ3v) is 2.62. The highest BCUT2D eigenvalue weighted by molar-refractivity contribution is 5.73. The summed E-state index contributed by atoms with van der Waals surface area (Å²) >= 11 is 0. The van der Waals surface area contributed by atoms with E-state index in [4.69, 9.17) is 9.84 Å². The van der Waals surface area contributed by atoms with E-state index in [1.54, 1.807) is 20.8 Å². The van der Waals surface area contributed by atoms with Crippen LogP contribution in [-0.2, 0) is 14.3 Å². The van der Waals surface area contributed by atoms with Crippen LogP contribution in [0.5, 0.6) is 0 Å². The molecule has 0 rings (SSSR count). The number of rotatable bonds is 8. The number of ether oxygens (including phenoxy) is 1. The van der Waals surface area contributed by atoms with Gasteiger partial charge in [0, 0.05) is 6.42 Å². The van der Waals surface area contributed by atoms with Gasteiger partial charge < -0.3 is 9.84 Å². The number of esters is 1. The maximum atomic E-state index is 11.5. The highest BCUT2D eigenvalue weighted by atomic mass is 16.6. The number of carboxylic acid groups (broad SMARTS) is 1. The average molecular weight is 258 g/mol. The largest absolute Gasteiger partial charge is 0.481 e. The van der Waals surface area contributed by atoms with E-state index in [0.717, 1.165) is 19.3 Å². The van der Waals surface area contributed by atoms with Gasteiger partial charge in [-0.05, 0) is 33.6 Å². The van der Waals surface area contributed by atoms with E-state index in [-0.39, 0.29) is 12.4 Å². The fourth-order valence-corrected chi connectivity index (χ4v) is 1.72. The molecule has 4 heteroatoms. The van der Waals surface area contributed by atoms with Crippen LogP contribution in [0.4, 0.5) is 0 Å². The van der Waals surface area contributed by atoms with Crippen molar-refractivity contribution in [3.63, 3.8) is 0 Å². The number of carboxylic acids is 1. The van der Waals surface area contributed by atoms with E-state index in [0.29, 0.717) is 12.8 Å². The number of unbranched alkanes of at least 4 members (excludes halogenated alkanes) is 2. The van der Waals surface area contributed by atoms with Crippen LogP contribution >= 0.6 is 0 Å². The molecular weight excluding hydrogens is 232 g/mol. The molecule has 0 saturated carbocycles. The molecule has 0 aliphatic carbocycles. The lowest BCUT2D eigenvalue weighted by atomic mass is 9.96. The molecular formula is C14H26O4. The molecule has 0 aromatic heterocycles. The second-order valence-electron chi connectivity index (χ2n) is 5.66. The van der Waals surface area contributed by atoms with E-state index in [1.807, 2.05) is 0 Å². The van der Waals surface area contributed by atoms with Gasteiger partial charge in [-0.2, -0.15) is 0 Å². The third-order valence-electron chi connectivity index (χ3n) is 2.62. The minimum Gasteiger partial charge on any atom is -0.481 e. The first-order valence-corrected chi connectivity index (χ1v) is 6.71. The SMILES string of the molecule is CCCCCC(CCC(=O)OC(C)(C)C)C(=O)O. The van der Waals surface area contributed by atoms with Gasteiger partial charge in [-0.3, -0.25) is 9.59 Å². The zero-order valence-electron chi connectivity index (χ0n) is 12.0. The molecule has 1 atom stereocenters. The van der Waals surface area contributed by atoms with Crippen LogP contribution in [0.15, 0.2) is 0 Å². The van der Waals surface area contributed by atoms with Gasteiger partial charge in [-0.15, -0.1) is 0 Å². The van der Waals surface area contributed by atoms with Crippen molar-refractivity contribution in [2.24, 2.45) is 5.92 Å². The first-order valence-electron chi connectivity index (χ1n) is 6.71. The number of carbonyl (C=O) groups excluding carboxylic acids is 1. The Bertz CT molecular complexity index is 265. The topological polar surface area (TPSA) is 63.6 Å². The van der Waals surface area contributed by atoms with Crippen molar-refractivity contribution in [3.8, 4) is 0 Å². The van der Waals surface area contributed by atoms with Crippen molar-refractivity contribution in [1.29, 1.82) is 0 Å². The highest BCUT2D eigenvalue weighted by Gasteiger charge is 2.21. The van der Waals surface area contributed by atoms with Gasteiger partial charge in [-0.25, -0.2) is 0 Å². The molecule has 0 aliphatic heterocycles. The Morgan fingerprint density at radius 3 is 2.22 bits per heavy atom. The summed E-state index contributed by atoms with van der Waals surface area (Å²) in [6.07, 6.45) is 4.21. The Hall–Kier alpha value is -1.06. The van der Waals surface area contributed by atoms with Gasteiger partial charge in [0.2, 0.25) is 0 Å².